The van der Waals surface area contributed by atoms with Gasteiger partial charge >= 0.3 is 0 Å². The van der Waals surface area contributed by atoms with E-state index >= 15 is 0 Å². The van der Waals surface area contributed by atoms with Gasteiger partial charge in [0.15, 0.2) is 5.69 Å². The summed E-state index contributed by atoms with van der Waals surface area (Å²) in [5.74, 6) is 0.250. The molecule has 20 heavy (non-hydrogen) atoms. The number of methoxy groups -OCH3 is 2. The summed E-state index contributed by atoms with van der Waals surface area (Å²) in [5, 5.41) is 0. The normalized spacial score (nSPS) is 19.6. The third kappa shape index (κ3) is 3.05. The van der Waals surface area contributed by atoms with Gasteiger partial charge in [0.25, 0.3) is 0 Å². The van der Waals surface area contributed by atoms with Crippen LogP contribution >= 0.6 is 0 Å². The maximum atomic E-state index is 12.5. The van der Waals surface area contributed by atoms with E-state index in [4.69, 9.17) is 14.2 Å². The molecule has 1 fully saturated rings. The third-order valence-electron chi connectivity index (χ3n) is 3.24. The zero-order valence-corrected chi connectivity index (χ0v) is 12.0. The number of ketones is 1. The third-order valence-corrected chi connectivity index (χ3v) is 3.24. The van der Waals surface area contributed by atoms with E-state index in [1.165, 1.54) is 20.4 Å². The molecule has 0 N–H and O–H groups in total. The second-order valence-corrected chi connectivity index (χ2v) is 4.39. The van der Waals surface area contributed by atoms with E-state index < -0.39 is 6.10 Å². The van der Waals surface area contributed by atoms with E-state index in [1.807, 2.05) is 0 Å². The number of carbonyl (C=O) groups excluding carboxylic acids is 1. The van der Waals surface area contributed by atoms with Crippen LogP contribution in [0.1, 0.15) is 17.4 Å². The SMILES string of the molecule is CCN1CCOC(C(=O)c2ncc(OC)nc2OC)C1. The van der Waals surface area contributed by atoms with Gasteiger partial charge in [-0.1, -0.05) is 6.92 Å². The van der Waals surface area contributed by atoms with Crippen LogP contribution in [0.4, 0.5) is 0 Å². The van der Waals surface area contributed by atoms with Gasteiger partial charge in [0, 0.05) is 13.1 Å². The second kappa shape index (κ2) is 6.62. The topological polar surface area (TPSA) is 73.8 Å². The molecule has 2 heterocycles. The van der Waals surface area contributed by atoms with E-state index in [0.717, 1.165) is 13.1 Å². The van der Waals surface area contributed by atoms with Crippen molar-refractivity contribution >= 4 is 5.78 Å². The van der Waals surface area contributed by atoms with E-state index in [9.17, 15) is 4.79 Å². The second-order valence-electron chi connectivity index (χ2n) is 4.39. The first-order valence-corrected chi connectivity index (χ1v) is 6.52. The van der Waals surface area contributed by atoms with E-state index in [0.29, 0.717) is 19.0 Å². The van der Waals surface area contributed by atoms with Crippen LogP contribution in [0, 0.1) is 0 Å². The van der Waals surface area contributed by atoms with Crippen molar-refractivity contribution in [3.63, 3.8) is 0 Å². The molecule has 110 valence electrons. The number of carbonyl (C=O) groups is 1. The average Bonchev–Trinajstić information content (AvgIpc) is 2.53. The maximum Gasteiger partial charge on any atom is 0.246 e. The van der Waals surface area contributed by atoms with Crippen molar-refractivity contribution < 1.29 is 19.0 Å². The highest BCUT2D eigenvalue weighted by atomic mass is 16.5. The Morgan fingerprint density at radius 3 is 2.95 bits per heavy atom. The van der Waals surface area contributed by atoms with Crippen LogP contribution in [0.15, 0.2) is 6.20 Å². The fourth-order valence-corrected chi connectivity index (χ4v) is 2.07. The number of morpholine rings is 1. The molecule has 1 unspecified atom stereocenters. The van der Waals surface area contributed by atoms with Crippen molar-refractivity contribution in [2.45, 2.75) is 13.0 Å². The Morgan fingerprint density at radius 1 is 1.50 bits per heavy atom. The maximum absolute atomic E-state index is 12.5. The van der Waals surface area contributed by atoms with Crippen molar-refractivity contribution in [3.05, 3.63) is 11.9 Å². The molecule has 0 bridgehead atoms. The summed E-state index contributed by atoms with van der Waals surface area (Å²) in [6.07, 6.45) is 0.871. The summed E-state index contributed by atoms with van der Waals surface area (Å²) >= 11 is 0. The number of hydrogen-bond donors (Lipinski definition) is 0. The van der Waals surface area contributed by atoms with E-state index in [2.05, 4.69) is 21.8 Å². The first-order valence-electron chi connectivity index (χ1n) is 6.52. The van der Waals surface area contributed by atoms with Crippen LogP contribution in [-0.2, 0) is 4.74 Å². The molecule has 1 aromatic rings. The van der Waals surface area contributed by atoms with Crippen molar-refractivity contribution in [3.8, 4) is 11.8 Å². The smallest absolute Gasteiger partial charge is 0.246 e. The van der Waals surface area contributed by atoms with Crippen LogP contribution in [0.3, 0.4) is 0 Å². The first-order chi connectivity index (χ1) is 9.69. The number of aromatic nitrogens is 2. The monoisotopic (exact) mass is 281 g/mol. The minimum atomic E-state index is -0.528. The lowest BCUT2D eigenvalue weighted by atomic mass is 10.1. The fourth-order valence-electron chi connectivity index (χ4n) is 2.07. The Labute approximate surface area is 117 Å². The van der Waals surface area contributed by atoms with Crippen LogP contribution in [0.25, 0.3) is 0 Å². The molecule has 1 atom stereocenters. The van der Waals surface area contributed by atoms with Gasteiger partial charge in [-0.15, -0.1) is 0 Å². The lowest BCUT2D eigenvalue weighted by Gasteiger charge is -2.31. The number of likely N-dealkylation sites (N-methyl/N-ethyl adjacent to an activating group) is 1. The molecular weight excluding hydrogens is 262 g/mol. The summed E-state index contributed by atoms with van der Waals surface area (Å²) in [6.45, 7) is 4.88. The fraction of sp³-hybridized carbons (Fsp3) is 0.615. The van der Waals surface area contributed by atoms with Crippen molar-refractivity contribution in [1.29, 1.82) is 0 Å². The molecule has 2 rings (SSSR count). The Balaban J connectivity index is 2.19. The molecule has 1 saturated heterocycles. The average molecular weight is 281 g/mol. The molecule has 7 nitrogen and oxygen atoms in total. The lowest BCUT2D eigenvalue weighted by molar-refractivity contribution is -0.0152. The van der Waals surface area contributed by atoms with Gasteiger partial charge < -0.3 is 14.2 Å². The van der Waals surface area contributed by atoms with Crippen molar-refractivity contribution in [1.82, 2.24) is 14.9 Å². The Bertz CT molecular complexity index is 481. The minimum absolute atomic E-state index is 0.159. The number of Topliss-reactive ketones (excluding diaryl/α,β-unsaturated/α-hetero) is 1. The standard InChI is InChI=1S/C13H19N3O4/c1-4-16-5-6-20-9(8-16)12(17)11-13(19-3)15-10(18-2)7-14-11/h7,9H,4-6,8H2,1-3H3. The van der Waals surface area contributed by atoms with Crippen LogP contribution in [0.5, 0.6) is 11.8 Å². The number of nitrogens with zero attached hydrogens (tertiary/aromatic N) is 3. The molecule has 7 heteroatoms. The van der Waals surface area contributed by atoms with E-state index in [1.54, 1.807) is 0 Å². The first kappa shape index (κ1) is 14.7. The van der Waals surface area contributed by atoms with Gasteiger partial charge in [-0.2, -0.15) is 4.98 Å². The largest absolute Gasteiger partial charge is 0.480 e. The minimum Gasteiger partial charge on any atom is -0.480 e. The predicted octanol–water partition coefficient (Wildman–Crippen LogP) is 0.397. The van der Waals surface area contributed by atoms with Gasteiger partial charge in [-0.25, -0.2) is 4.98 Å². The zero-order valence-electron chi connectivity index (χ0n) is 12.0. The van der Waals surface area contributed by atoms with Crippen LogP contribution in [0.2, 0.25) is 0 Å². The molecule has 0 amide bonds. The summed E-state index contributed by atoms with van der Waals surface area (Å²) in [6, 6.07) is 0. The predicted molar refractivity (Wildman–Crippen MR) is 71.3 cm³/mol. The number of hydrogen-bond acceptors (Lipinski definition) is 7. The molecule has 0 aromatic carbocycles. The Morgan fingerprint density at radius 2 is 2.30 bits per heavy atom. The Kier molecular flexibility index (Phi) is 4.86. The van der Waals surface area contributed by atoms with Crippen molar-refractivity contribution in [2.24, 2.45) is 0 Å². The van der Waals surface area contributed by atoms with Crippen LogP contribution < -0.4 is 9.47 Å². The highest BCUT2D eigenvalue weighted by molar-refractivity contribution is 5.99. The molecular formula is C13H19N3O4. The lowest BCUT2D eigenvalue weighted by Crippen LogP contribution is -2.46. The highest BCUT2D eigenvalue weighted by Gasteiger charge is 2.30. The summed E-state index contributed by atoms with van der Waals surface area (Å²) in [7, 11) is 2.93. The van der Waals surface area contributed by atoms with Gasteiger partial charge in [-0.3, -0.25) is 9.69 Å². The van der Waals surface area contributed by atoms with Crippen LogP contribution in [-0.4, -0.2) is 67.2 Å². The van der Waals surface area contributed by atoms with Gasteiger partial charge in [0.05, 0.1) is 27.0 Å². The highest BCUT2D eigenvalue weighted by Crippen LogP contribution is 2.20. The quantitative estimate of drug-likeness (QED) is 0.723. The summed E-state index contributed by atoms with van der Waals surface area (Å²) in [4.78, 5) is 22.8. The van der Waals surface area contributed by atoms with Gasteiger partial charge in [-0.05, 0) is 6.54 Å². The number of ether oxygens (including phenoxy) is 3. The summed E-state index contributed by atoms with van der Waals surface area (Å²) in [5.41, 5.74) is 0.177. The van der Waals surface area contributed by atoms with Gasteiger partial charge in [0.1, 0.15) is 6.10 Å². The Hall–Kier alpha value is -1.73. The van der Waals surface area contributed by atoms with E-state index in [-0.39, 0.29) is 17.4 Å². The molecule has 1 aromatic heterocycles. The van der Waals surface area contributed by atoms with Gasteiger partial charge in [0.2, 0.25) is 17.5 Å². The molecule has 0 aliphatic carbocycles. The summed E-state index contributed by atoms with van der Waals surface area (Å²) < 4.78 is 15.6. The molecule has 0 saturated carbocycles. The molecule has 0 spiro atoms. The van der Waals surface area contributed by atoms with Crippen molar-refractivity contribution in [2.75, 3.05) is 40.5 Å². The molecule has 1 aliphatic rings. The molecule has 1 aliphatic heterocycles. The number of rotatable bonds is 5. The molecule has 0 radical (unpaired) electrons. The zero-order chi connectivity index (χ0) is 14.5.